The lowest BCUT2D eigenvalue weighted by atomic mass is 10.3. The van der Waals surface area contributed by atoms with E-state index in [4.69, 9.17) is 34.8 Å². The Labute approximate surface area is 110 Å². The minimum absolute atomic E-state index is 0.253. The van der Waals surface area contributed by atoms with Crippen molar-refractivity contribution in [3.63, 3.8) is 0 Å². The van der Waals surface area contributed by atoms with Crippen molar-refractivity contribution in [1.82, 2.24) is 24.8 Å². The molecule has 0 saturated carbocycles. The van der Waals surface area contributed by atoms with Gasteiger partial charge >= 0.3 is 0 Å². The highest BCUT2D eigenvalue weighted by Gasteiger charge is 2.17. The standard InChI is InChI=1S/C9H4Cl3N5/c10-6(11)9-15-14-8-4-2-1-3-13-5(4)7(12)16-17(8)9/h1-3,6H. The van der Waals surface area contributed by atoms with E-state index in [0.717, 1.165) is 5.39 Å². The molecule has 5 nitrogen and oxygen atoms in total. The first-order chi connectivity index (χ1) is 8.18. The summed E-state index contributed by atoms with van der Waals surface area (Å²) in [4.78, 5) is 3.33. The molecule has 3 aromatic rings. The van der Waals surface area contributed by atoms with Crippen LogP contribution in [-0.2, 0) is 0 Å². The Kier molecular flexibility index (Phi) is 2.54. The van der Waals surface area contributed by atoms with E-state index in [0.29, 0.717) is 17.0 Å². The highest BCUT2D eigenvalue weighted by Crippen LogP contribution is 2.27. The molecule has 0 fully saturated rings. The highest BCUT2D eigenvalue weighted by atomic mass is 35.5. The molecule has 3 rings (SSSR count). The quantitative estimate of drug-likeness (QED) is 0.646. The molecule has 86 valence electrons. The molecule has 3 aromatic heterocycles. The number of alkyl halides is 2. The largest absolute Gasteiger partial charge is 0.253 e. The summed E-state index contributed by atoms with van der Waals surface area (Å²) in [5.74, 6) is 0.330. The van der Waals surface area contributed by atoms with Crippen LogP contribution < -0.4 is 0 Å². The highest BCUT2D eigenvalue weighted by molar-refractivity contribution is 6.43. The Morgan fingerprint density at radius 3 is 2.82 bits per heavy atom. The molecule has 0 spiro atoms. The molecule has 0 aliphatic rings. The summed E-state index contributed by atoms with van der Waals surface area (Å²) in [5.41, 5.74) is 1.10. The molecule has 0 amide bonds. The van der Waals surface area contributed by atoms with Gasteiger partial charge < -0.3 is 0 Å². The molecular weight excluding hydrogens is 284 g/mol. The maximum atomic E-state index is 6.03. The maximum absolute atomic E-state index is 6.03. The summed E-state index contributed by atoms with van der Waals surface area (Å²) < 4.78 is 1.43. The van der Waals surface area contributed by atoms with Gasteiger partial charge in [-0.25, -0.2) is 0 Å². The molecule has 17 heavy (non-hydrogen) atoms. The fraction of sp³-hybridized carbons (Fsp3) is 0.111. The Morgan fingerprint density at radius 2 is 2.06 bits per heavy atom. The third-order valence-corrected chi connectivity index (χ3v) is 2.94. The van der Waals surface area contributed by atoms with Crippen LogP contribution >= 0.6 is 34.8 Å². The predicted molar refractivity (Wildman–Crippen MR) is 65.5 cm³/mol. The lowest BCUT2D eigenvalue weighted by molar-refractivity contribution is 0.860. The summed E-state index contributed by atoms with van der Waals surface area (Å²) in [5, 5.41) is 13.0. The number of hydrogen-bond donors (Lipinski definition) is 0. The van der Waals surface area contributed by atoms with Gasteiger partial charge in [0.15, 0.2) is 21.5 Å². The van der Waals surface area contributed by atoms with Gasteiger partial charge in [0.1, 0.15) is 5.52 Å². The molecule has 8 heteroatoms. The number of fused-ring (bicyclic) bond motifs is 3. The minimum Gasteiger partial charge on any atom is -0.253 e. The second-order valence-corrected chi connectivity index (χ2v) is 4.74. The van der Waals surface area contributed by atoms with Crippen molar-refractivity contribution in [3.05, 3.63) is 29.3 Å². The summed E-state index contributed by atoms with van der Waals surface area (Å²) in [7, 11) is 0. The van der Waals surface area contributed by atoms with E-state index in [1.807, 2.05) is 6.07 Å². The third-order valence-electron chi connectivity index (χ3n) is 2.29. The van der Waals surface area contributed by atoms with Crippen molar-refractivity contribution in [2.75, 3.05) is 0 Å². The van der Waals surface area contributed by atoms with Gasteiger partial charge in [0.2, 0.25) is 0 Å². The molecule has 3 heterocycles. The normalized spacial score (nSPS) is 11.8. The summed E-state index contributed by atoms with van der Waals surface area (Å²) in [6.07, 6.45) is 1.63. The maximum Gasteiger partial charge on any atom is 0.187 e. The Hall–Kier alpha value is -1.17. The topological polar surface area (TPSA) is 56.0 Å². The van der Waals surface area contributed by atoms with Crippen molar-refractivity contribution < 1.29 is 0 Å². The number of nitrogens with zero attached hydrogens (tertiary/aromatic N) is 5. The first-order valence-electron chi connectivity index (χ1n) is 4.62. The second kappa shape index (κ2) is 3.94. The number of halogens is 3. The number of hydrogen-bond acceptors (Lipinski definition) is 4. The number of aromatic nitrogens is 5. The van der Waals surface area contributed by atoms with E-state index in [1.54, 1.807) is 12.3 Å². The average Bonchev–Trinajstić information content (AvgIpc) is 2.73. The SMILES string of the molecule is Clc1nn2c(C(Cl)Cl)nnc2c2cccnc12. The number of pyridine rings is 1. The van der Waals surface area contributed by atoms with Gasteiger partial charge in [-0.2, -0.15) is 9.61 Å². The van der Waals surface area contributed by atoms with E-state index < -0.39 is 4.84 Å². The Morgan fingerprint density at radius 1 is 1.24 bits per heavy atom. The molecule has 0 aromatic carbocycles. The van der Waals surface area contributed by atoms with Crippen LogP contribution in [0.3, 0.4) is 0 Å². The van der Waals surface area contributed by atoms with E-state index in [2.05, 4.69) is 20.3 Å². The van der Waals surface area contributed by atoms with Crippen LogP contribution in [0.2, 0.25) is 5.15 Å². The van der Waals surface area contributed by atoms with Crippen molar-refractivity contribution in [3.8, 4) is 0 Å². The molecular formula is C9H4Cl3N5. The fourth-order valence-electron chi connectivity index (χ4n) is 1.58. The molecule has 0 N–H and O–H groups in total. The minimum atomic E-state index is -0.817. The predicted octanol–water partition coefficient (Wildman–Crippen LogP) is 2.80. The Balaban J connectivity index is 2.50. The van der Waals surface area contributed by atoms with Gasteiger partial charge in [-0.3, -0.25) is 4.98 Å². The molecule has 0 saturated heterocycles. The van der Waals surface area contributed by atoms with E-state index in [-0.39, 0.29) is 5.15 Å². The molecule has 0 aliphatic heterocycles. The molecule has 0 bridgehead atoms. The average molecular weight is 289 g/mol. The third kappa shape index (κ3) is 1.62. The van der Waals surface area contributed by atoms with Crippen LogP contribution in [0, 0.1) is 0 Å². The van der Waals surface area contributed by atoms with Crippen LogP contribution in [0.25, 0.3) is 16.6 Å². The van der Waals surface area contributed by atoms with Crippen molar-refractivity contribution in [1.29, 1.82) is 0 Å². The van der Waals surface area contributed by atoms with Gasteiger partial charge in [0.25, 0.3) is 0 Å². The molecule has 0 radical (unpaired) electrons. The van der Waals surface area contributed by atoms with E-state index in [9.17, 15) is 0 Å². The molecule has 0 unspecified atom stereocenters. The van der Waals surface area contributed by atoms with Gasteiger partial charge in [0, 0.05) is 6.20 Å². The zero-order valence-corrected chi connectivity index (χ0v) is 10.4. The number of rotatable bonds is 1. The first kappa shape index (κ1) is 11.0. The van der Waals surface area contributed by atoms with Crippen molar-refractivity contribution in [2.45, 2.75) is 4.84 Å². The molecule has 0 aliphatic carbocycles. The lowest BCUT2D eigenvalue weighted by Gasteiger charge is -2.02. The zero-order valence-electron chi connectivity index (χ0n) is 8.18. The fourth-order valence-corrected chi connectivity index (χ4v) is 2.08. The van der Waals surface area contributed by atoms with Crippen LogP contribution in [0.4, 0.5) is 0 Å². The zero-order chi connectivity index (χ0) is 12.0. The summed E-state index contributed by atoms with van der Waals surface area (Å²) in [6, 6.07) is 3.62. The van der Waals surface area contributed by atoms with Crippen LogP contribution in [-0.4, -0.2) is 24.8 Å². The van der Waals surface area contributed by atoms with Gasteiger partial charge in [-0.1, -0.05) is 34.8 Å². The van der Waals surface area contributed by atoms with Gasteiger partial charge in [-0.15, -0.1) is 10.2 Å². The van der Waals surface area contributed by atoms with Gasteiger partial charge in [-0.05, 0) is 12.1 Å². The summed E-state index contributed by atoms with van der Waals surface area (Å²) in [6.45, 7) is 0. The Bertz CT molecular complexity index is 708. The van der Waals surface area contributed by atoms with Crippen LogP contribution in [0.1, 0.15) is 10.7 Å². The lowest BCUT2D eigenvalue weighted by Crippen LogP contribution is -2.00. The monoisotopic (exact) mass is 287 g/mol. The van der Waals surface area contributed by atoms with Crippen LogP contribution in [0.5, 0.6) is 0 Å². The first-order valence-corrected chi connectivity index (χ1v) is 5.87. The second-order valence-electron chi connectivity index (χ2n) is 3.28. The van der Waals surface area contributed by atoms with E-state index >= 15 is 0 Å². The smallest absolute Gasteiger partial charge is 0.187 e. The molecule has 0 atom stereocenters. The van der Waals surface area contributed by atoms with Crippen molar-refractivity contribution in [2.24, 2.45) is 0 Å². The summed E-state index contributed by atoms with van der Waals surface area (Å²) >= 11 is 17.6. The van der Waals surface area contributed by atoms with Gasteiger partial charge in [0.05, 0.1) is 5.39 Å². The van der Waals surface area contributed by atoms with Crippen LogP contribution in [0.15, 0.2) is 18.3 Å². The van der Waals surface area contributed by atoms with Crippen molar-refractivity contribution >= 4 is 51.4 Å². The van der Waals surface area contributed by atoms with E-state index in [1.165, 1.54) is 4.52 Å².